The maximum Gasteiger partial charge on any atom is 0.251 e. The molecule has 0 bridgehead atoms. The van der Waals surface area contributed by atoms with E-state index in [1.807, 2.05) is 0 Å². The second-order valence-electron chi connectivity index (χ2n) is 4.27. The molecule has 1 saturated carbocycles. The Bertz CT molecular complexity index is 385. The van der Waals surface area contributed by atoms with Crippen molar-refractivity contribution >= 4 is 5.91 Å². The third kappa shape index (κ3) is 2.39. The molecule has 0 heterocycles. The lowest BCUT2D eigenvalue weighted by molar-refractivity contribution is -0.0300. The smallest absolute Gasteiger partial charge is 0.251 e. The Labute approximate surface area is 93.3 Å². The van der Waals surface area contributed by atoms with Gasteiger partial charge in [0.1, 0.15) is 5.82 Å². The first-order valence-corrected chi connectivity index (χ1v) is 5.35. The van der Waals surface area contributed by atoms with Crippen molar-refractivity contribution in [3.8, 4) is 0 Å². The molecule has 0 aliphatic heterocycles. The molecule has 2 N–H and O–H groups in total. The van der Waals surface area contributed by atoms with Gasteiger partial charge in [-0.25, -0.2) is 4.39 Å². The molecule has 0 aromatic heterocycles. The first-order valence-electron chi connectivity index (χ1n) is 5.35. The molecule has 1 fully saturated rings. The standard InChI is InChI=1S/C12H14FNO2/c13-10-4-2-9(3-5-10)11(15)14-8-12(16)6-1-7-12/h2-5,16H,1,6-8H2,(H,14,15). The molecule has 1 aliphatic rings. The number of carbonyl (C=O) groups is 1. The van der Waals surface area contributed by atoms with E-state index in [1.54, 1.807) is 0 Å². The second kappa shape index (κ2) is 4.22. The van der Waals surface area contributed by atoms with Crippen LogP contribution >= 0.6 is 0 Å². The molecule has 1 aromatic carbocycles. The lowest BCUT2D eigenvalue weighted by atomic mass is 9.80. The summed E-state index contributed by atoms with van der Waals surface area (Å²) in [5.74, 6) is -0.644. The predicted octanol–water partition coefficient (Wildman–Crippen LogP) is 1.47. The number of carbonyl (C=O) groups excluding carboxylic acids is 1. The van der Waals surface area contributed by atoms with Crippen molar-refractivity contribution in [2.24, 2.45) is 0 Å². The van der Waals surface area contributed by atoms with Gasteiger partial charge in [-0.3, -0.25) is 4.79 Å². The second-order valence-corrected chi connectivity index (χ2v) is 4.27. The third-order valence-corrected chi connectivity index (χ3v) is 2.97. The van der Waals surface area contributed by atoms with Gasteiger partial charge in [0.2, 0.25) is 0 Å². The van der Waals surface area contributed by atoms with Crippen LogP contribution in [0.5, 0.6) is 0 Å². The Hall–Kier alpha value is -1.42. The molecule has 0 atom stereocenters. The van der Waals surface area contributed by atoms with E-state index in [-0.39, 0.29) is 18.3 Å². The summed E-state index contributed by atoms with van der Waals surface area (Å²) in [6, 6.07) is 5.34. The molecule has 0 radical (unpaired) electrons. The number of aliphatic hydroxyl groups is 1. The van der Waals surface area contributed by atoms with Crippen LogP contribution in [-0.2, 0) is 0 Å². The van der Waals surface area contributed by atoms with Crippen molar-refractivity contribution in [3.05, 3.63) is 35.6 Å². The van der Waals surface area contributed by atoms with E-state index in [0.717, 1.165) is 19.3 Å². The molecule has 0 saturated heterocycles. The van der Waals surface area contributed by atoms with Gasteiger partial charge in [-0.15, -0.1) is 0 Å². The minimum absolute atomic E-state index is 0.267. The quantitative estimate of drug-likeness (QED) is 0.815. The Kier molecular flexibility index (Phi) is 2.92. The summed E-state index contributed by atoms with van der Waals surface area (Å²) < 4.78 is 12.6. The Balaban J connectivity index is 1.90. The van der Waals surface area contributed by atoms with Gasteiger partial charge in [0, 0.05) is 12.1 Å². The summed E-state index contributed by atoms with van der Waals surface area (Å²) in [6.07, 6.45) is 2.47. The van der Waals surface area contributed by atoms with Crippen molar-refractivity contribution in [3.63, 3.8) is 0 Å². The topological polar surface area (TPSA) is 49.3 Å². The summed E-state index contributed by atoms with van der Waals surface area (Å²) in [5, 5.41) is 12.4. The molecule has 16 heavy (non-hydrogen) atoms. The largest absolute Gasteiger partial charge is 0.388 e. The maximum atomic E-state index is 12.6. The van der Waals surface area contributed by atoms with E-state index < -0.39 is 5.60 Å². The summed E-state index contributed by atoms with van der Waals surface area (Å²) in [5.41, 5.74) is -0.320. The fourth-order valence-electron chi connectivity index (χ4n) is 1.71. The van der Waals surface area contributed by atoms with E-state index in [0.29, 0.717) is 5.56 Å². The highest BCUT2D eigenvalue weighted by molar-refractivity contribution is 5.94. The number of halogens is 1. The average molecular weight is 223 g/mol. The van der Waals surface area contributed by atoms with Crippen molar-refractivity contribution in [1.82, 2.24) is 5.32 Å². The zero-order valence-electron chi connectivity index (χ0n) is 8.87. The number of amides is 1. The van der Waals surface area contributed by atoms with Crippen molar-refractivity contribution < 1.29 is 14.3 Å². The highest BCUT2D eigenvalue weighted by Crippen LogP contribution is 2.30. The van der Waals surface area contributed by atoms with Crippen LogP contribution in [0, 0.1) is 5.82 Å². The van der Waals surface area contributed by atoms with Gasteiger partial charge in [-0.1, -0.05) is 0 Å². The fraction of sp³-hybridized carbons (Fsp3) is 0.417. The van der Waals surface area contributed by atoms with Gasteiger partial charge in [0.25, 0.3) is 5.91 Å². The predicted molar refractivity (Wildman–Crippen MR) is 57.5 cm³/mol. The van der Waals surface area contributed by atoms with E-state index in [2.05, 4.69) is 5.32 Å². The van der Waals surface area contributed by atoms with Gasteiger partial charge in [-0.2, -0.15) is 0 Å². The van der Waals surface area contributed by atoms with E-state index >= 15 is 0 Å². The summed E-state index contributed by atoms with van der Waals surface area (Å²) in [4.78, 5) is 11.6. The zero-order chi connectivity index (χ0) is 11.6. The Morgan fingerprint density at radius 2 is 2.00 bits per heavy atom. The van der Waals surface area contributed by atoms with E-state index in [4.69, 9.17) is 0 Å². The van der Waals surface area contributed by atoms with Gasteiger partial charge < -0.3 is 10.4 Å². The molecule has 1 aliphatic carbocycles. The van der Waals surface area contributed by atoms with Crippen molar-refractivity contribution in [1.29, 1.82) is 0 Å². The number of hydrogen-bond acceptors (Lipinski definition) is 2. The van der Waals surface area contributed by atoms with Crippen LogP contribution in [0.15, 0.2) is 24.3 Å². The van der Waals surface area contributed by atoms with E-state index in [9.17, 15) is 14.3 Å². The molecular formula is C12H14FNO2. The van der Waals surface area contributed by atoms with Crippen LogP contribution in [-0.4, -0.2) is 23.2 Å². The summed E-state index contributed by atoms with van der Waals surface area (Å²) >= 11 is 0. The van der Waals surface area contributed by atoms with Crippen LogP contribution in [0.1, 0.15) is 29.6 Å². The van der Waals surface area contributed by atoms with E-state index in [1.165, 1.54) is 24.3 Å². The normalized spacial score (nSPS) is 17.6. The highest BCUT2D eigenvalue weighted by Gasteiger charge is 2.34. The van der Waals surface area contributed by atoms with Gasteiger partial charge >= 0.3 is 0 Å². The summed E-state index contributed by atoms with van der Waals surface area (Å²) in [6.45, 7) is 0.267. The molecule has 2 rings (SSSR count). The fourth-order valence-corrected chi connectivity index (χ4v) is 1.71. The Morgan fingerprint density at radius 1 is 1.38 bits per heavy atom. The first-order chi connectivity index (χ1) is 7.59. The molecule has 3 nitrogen and oxygen atoms in total. The number of benzene rings is 1. The zero-order valence-corrected chi connectivity index (χ0v) is 8.87. The third-order valence-electron chi connectivity index (χ3n) is 2.97. The Morgan fingerprint density at radius 3 is 2.50 bits per heavy atom. The monoisotopic (exact) mass is 223 g/mol. The van der Waals surface area contributed by atoms with Crippen LogP contribution in [0.2, 0.25) is 0 Å². The molecule has 4 heteroatoms. The molecule has 0 unspecified atom stereocenters. The maximum absolute atomic E-state index is 12.6. The number of hydrogen-bond donors (Lipinski definition) is 2. The van der Waals surface area contributed by atoms with Crippen LogP contribution in [0.3, 0.4) is 0 Å². The van der Waals surface area contributed by atoms with Crippen LogP contribution in [0.4, 0.5) is 4.39 Å². The SMILES string of the molecule is O=C(NCC1(O)CCC1)c1ccc(F)cc1. The average Bonchev–Trinajstić information content (AvgIpc) is 2.24. The summed E-state index contributed by atoms with van der Waals surface area (Å²) in [7, 11) is 0. The van der Waals surface area contributed by atoms with Crippen molar-refractivity contribution in [2.75, 3.05) is 6.54 Å². The lowest BCUT2D eigenvalue weighted by Crippen LogP contribution is -2.47. The van der Waals surface area contributed by atoms with Gasteiger partial charge in [-0.05, 0) is 43.5 Å². The molecular weight excluding hydrogens is 209 g/mol. The lowest BCUT2D eigenvalue weighted by Gasteiger charge is -2.36. The molecule has 0 spiro atoms. The highest BCUT2D eigenvalue weighted by atomic mass is 19.1. The molecule has 1 aromatic rings. The van der Waals surface area contributed by atoms with Crippen LogP contribution in [0.25, 0.3) is 0 Å². The number of nitrogens with one attached hydrogen (secondary N) is 1. The van der Waals surface area contributed by atoms with Crippen LogP contribution < -0.4 is 5.32 Å². The van der Waals surface area contributed by atoms with Gasteiger partial charge in [0.05, 0.1) is 5.60 Å². The molecule has 1 amide bonds. The first kappa shape index (κ1) is 11.1. The minimum Gasteiger partial charge on any atom is -0.388 e. The van der Waals surface area contributed by atoms with Gasteiger partial charge in [0.15, 0.2) is 0 Å². The van der Waals surface area contributed by atoms with Crippen molar-refractivity contribution in [2.45, 2.75) is 24.9 Å². The molecule has 86 valence electrons. The number of rotatable bonds is 3. The minimum atomic E-state index is -0.726.